The van der Waals surface area contributed by atoms with Crippen LogP contribution in [0.25, 0.3) is 15.3 Å². The van der Waals surface area contributed by atoms with Gasteiger partial charge in [0, 0.05) is 12.3 Å². The summed E-state index contributed by atoms with van der Waals surface area (Å²) < 4.78 is 13.2. The molecule has 0 spiro atoms. The molecule has 0 radical (unpaired) electrons. The number of hydrogen-bond acceptors (Lipinski definition) is 5. The van der Waals surface area contributed by atoms with Gasteiger partial charge in [0.1, 0.15) is 16.0 Å². The van der Waals surface area contributed by atoms with Crippen LogP contribution in [0.15, 0.2) is 24.4 Å². The fraction of sp³-hybridized carbons (Fsp3) is 0.143. The monoisotopic (exact) mass is 322 g/mol. The molecule has 1 aromatic carbocycles. The molecule has 2 heterocycles. The zero-order valence-electron chi connectivity index (χ0n) is 11.3. The first-order chi connectivity index (χ1) is 10.2. The lowest BCUT2D eigenvalue weighted by molar-refractivity contribution is 0.111. The molecule has 0 aliphatic heterocycles. The van der Waals surface area contributed by atoms with E-state index in [1.807, 2.05) is 0 Å². The Kier molecular flexibility index (Phi) is 3.57. The zero-order chi connectivity index (χ0) is 15.0. The molecule has 5 nitrogen and oxygen atoms in total. The van der Waals surface area contributed by atoms with Crippen molar-refractivity contribution in [3.8, 4) is 16.6 Å². The lowest BCUT2D eigenvalue weighted by Crippen LogP contribution is -1.96. The molecule has 21 heavy (non-hydrogen) atoms. The lowest BCUT2D eigenvalue weighted by atomic mass is 10.3. The van der Waals surface area contributed by atoms with Gasteiger partial charge in [-0.05, 0) is 12.1 Å². The minimum absolute atomic E-state index is 0.458. The number of hydrogen-bond donors (Lipinski definition) is 0. The summed E-state index contributed by atoms with van der Waals surface area (Å²) >= 11 is 7.57. The highest BCUT2D eigenvalue weighted by Gasteiger charge is 2.18. The molecule has 0 aliphatic rings. The molecule has 0 saturated carbocycles. The summed E-state index contributed by atoms with van der Waals surface area (Å²) in [6.45, 7) is 0. The normalized spacial score (nSPS) is 10.8. The number of nitrogens with zero attached hydrogens (tertiary/aromatic N) is 2. The standard InChI is InChI=1S/C14H11ClN2O3S/c1-19-10-6-9(15)12(20-2)13-11(10)16-14(21-13)17-5-3-4-8(17)7-18/h3-7H,1-2H3. The molecule has 108 valence electrons. The van der Waals surface area contributed by atoms with Crippen LogP contribution in [-0.2, 0) is 0 Å². The predicted octanol–water partition coefficient (Wildman–Crippen LogP) is 3.57. The predicted molar refractivity (Wildman–Crippen MR) is 82.4 cm³/mol. The van der Waals surface area contributed by atoms with E-state index in [-0.39, 0.29) is 0 Å². The largest absolute Gasteiger partial charge is 0.494 e. The average molecular weight is 323 g/mol. The quantitative estimate of drug-likeness (QED) is 0.689. The van der Waals surface area contributed by atoms with Crippen molar-refractivity contribution in [3.63, 3.8) is 0 Å². The Morgan fingerprint density at radius 3 is 2.86 bits per heavy atom. The summed E-state index contributed by atoms with van der Waals surface area (Å²) in [5.74, 6) is 1.12. The third-order valence-corrected chi connectivity index (χ3v) is 4.40. The second-order valence-electron chi connectivity index (χ2n) is 4.19. The molecule has 2 aromatic heterocycles. The molecule has 0 bridgehead atoms. The number of aromatic nitrogens is 2. The number of carbonyl (C=O) groups is 1. The maximum absolute atomic E-state index is 11.1. The lowest BCUT2D eigenvalue weighted by Gasteiger charge is -2.06. The van der Waals surface area contributed by atoms with Crippen LogP contribution in [-0.4, -0.2) is 30.1 Å². The van der Waals surface area contributed by atoms with Crippen LogP contribution in [0.5, 0.6) is 11.5 Å². The molecule has 3 rings (SSSR count). The van der Waals surface area contributed by atoms with Gasteiger partial charge in [-0.15, -0.1) is 0 Å². The van der Waals surface area contributed by atoms with Crippen LogP contribution in [0.1, 0.15) is 10.5 Å². The summed E-state index contributed by atoms with van der Waals surface area (Å²) in [6, 6.07) is 5.18. The Labute approximate surface area is 129 Å². The van der Waals surface area contributed by atoms with Crippen molar-refractivity contribution in [2.45, 2.75) is 0 Å². The van der Waals surface area contributed by atoms with Crippen molar-refractivity contribution in [3.05, 3.63) is 35.1 Å². The van der Waals surface area contributed by atoms with Gasteiger partial charge >= 0.3 is 0 Å². The summed E-state index contributed by atoms with van der Waals surface area (Å²) in [6.07, 6.45) is 2.56. The van der Waals surface area contributed by atoms with E-state index >= 15 is 0 Å². The van der Waals surface area contributed by atoms with Crippen LogP contribution in [0.4, 0.5) is 0 Å². The number of thiazole rings is 1. The molecule has 7 heteroatoms. The molecule has 0 unspecified atom stereocenters. The minimum atomic E-state index is 0.458. The van der Waals surface area contributed by atoms with E-state index in [1.165, 1.54) is 11.3 Å². The van der Waals surface area contributed by atoms with Gasteiger partial charge in [0.15, 0.2) is 17.2 Å². The van der Waals surface area contributed by atoms with E-state index < -0.39 is 0 Å². The summed E-state index contributed by atoms with van der Waals surface area (Å²) in [5.41, 5.74) is 1.18. The average Bonchev–Trinajstić information content (AvgIpc) is 3.12. The van der Waals surface area contributed by atoms with E-state index in [2.05, 4.69) is 4.98 Å². The van der Waals surface area contributed by atoms with Crippen molar-refractivity contribution < 1.29 is 14.3 Å². The number of aldehydes is 1. The number of methoxy groups -OCH3 is 2. The Balaban J connectivity index is 2.31. The van der Waals surface area contributed by atoms with Crippen LogP contribution >= 0.6 is 22.9 Å². The SMILES string of the molecule is COc1cc(Cl)c(OC)c2sc(-n3cccc3C=O)nc12. The van der Waals surface area contributed by atoms with Gasteiger partial charge in [-0.3, -0.25) is 9.36 Å². The van der Waals surface area contributed by atoms with E-state index in [1.54, 1.807) is 43.2 Å². The third-order valence-electron chi connectivity index (χ3n) is 3.06. The number of benzene rings is 1. The van der Waals surface area contributed by atoms with Crippen LogP contribution in [0.3, 0.4) is 0 Å². The second kappa shape index (κ2) is 5.38. The summed E-state index contributed by atoms with van der Waals surface area (Å²) in [5, 5.41) is 1.11. The molecule has 0 fully saturated rings. The van der Waals surface area contributed by atoms with E-state index in [0.29, 0.717) is 32.9 Å². The smallest absolute Gasteiger partial charge is 0.195 e. The Morgan fingerprint density at radius 1 is 1.38 bits per heavy atom. The summed E-state index contributed by atoms with van der Waals surface area (Å²) in [7, 11) is 3.11. The van der Waals surface area contributed by atoms with Crippen molar-refractivity contribution in [1.29, 1.82) is 0 Å². The fourth-order valence-corrected chi connectivity index (χ4v) is 3.54. The molecule has 3 aromatic rings. The van der Waals surface area contributed by atoms with Gasteiger partial charge in [-0.25, -0.2) is 4.98 Å². The van der Waals surface area contributed by atoms with Crippen LogP contribution in [0, 0.1) is 0 Å². The third kappa shape index (κ3) is 2.16. The van der Waals surface area contributed by atoms with E-state index in [0.717, 1.165) is 11.0 Å². The van der Waals surface area contributed by atoms with Crippen molar-refractivity contribution in [2.75, 3.05) is 14.2 Å². The maximum atomic E-state index is 11.1. The van der Waals surface area contributed by atoms with Gasteiger partial charge < -0.3 is 9.47 Å². The molecular formula is C14H11ClN2O3S. The topological polar surface area (TPSA) is 53.4 Å². The van der Waals surface area contributed by atoms with Gasteiger partial charge in [0.05, 0.1) is 24.9 Å². The number of halogens is 1. The number of fused-ring (bicyclic) bond motifs is 1. The maximum Gasteiger partial charge on any atom is 0.195 e. The van der Waals surface area contributed by atoms with Crippen molar-refractivity contribution in [1.82, 2.24) is 9.55 Å². The minimum Gasteiger partial charge on any atom is -0.494 e. The summed E-state index contributed by atoms with van der Waals surface area (Å²) in [4.78, 5) is 15.6. The molecule has 0 atom stereocenters. The highest BCUT2D eigenvalue weighted by molar-refractivity contribution is 7.21. The Morgan fingerprint density at radius 2 is 2.19 bits per heavy atom. The number of rotatable bonds is 4. The van der Waals surface area contributed by atoms with E-state index in [9.17, 15) is 4.79 Å². The molecule has 0 saturated heterocycles. The highest BCUT2D eigenvalue weighted by atomic mass is 35.5. The first kappa shape index (κ1) is 13.9. The Hall–Kier alpha value is -2.05. The first-order valence-corrected chi connectivity index (χ1v) is 7.23. The number of carbonyl (C=O) groups excluding carboxylic acids is 1. The molecule has 0 N–H and O–H groups in total. The zero-order valence-corrected chi connectivity index (χ0v) is 12.9. The van der Waals surface area contributed by atoms with Gasteiger partial charge in [-0.2, -0.15) is 0 Å². The van der Waals surface area contributed by atoms with Gasteiger partial charge in [-0.1, -0.05) is 22.9 Å². The fourth-order valence-electron chi connectivity index (χ4n) is 2.10. The first-order valence-electron chi connectivity index (χ1n) is 6.03. The van der Waals surface area contributed by atoms with Crippen molar-refractivity contribution in [2.24, 2.45) is 0 Å². The molecule has 0 amide bonds. The molecular weight excluding hydrogens is 312 g/mol. The molecule has 0 aliphatic carbocycles. The van der Waals surface area contributed by atoms with E-state index in [4.69, 9.17) is 21.1 Å². The highest BCUT2D eigenvalue weighted by Crippen LogP contribution is 2.43. The second-order valence-corrected chi connectivity index (χ2v) is 5.57. The van der Waals surface area contributed by atoms with Crippen LogP contribution in [0.2, 0.25) is 5.02 Å². The van der Waals surface area contributed by atoms with Gasteiger partial charge in [0.2, 0.25) is 0 Å². The van der Waals surface area contributed by atoms with Crippen LogP contribution < -0.4 is 9.47 Å². The number of ether oxygens (including phenoxy) is 2. The Bertz CT molecular complexity index is 825. The van der Waals surface area contributed by atoms with Crippen molar-refractivity contribution >= 4 is 39.4 Å². The van der Waals surface area contributed by atoms with Gasteiger partial charge in [0.25, 0.3) is 0 Å².